The maximum absolute atomic E-state index is 10.4. The number of rotatable bonds is 4. The number of benzene rings is 1. The minimum absolute atomic E-state index is 0.239. The highest BCUT2D eigenvalue weighted by Crippen LogP contribution is 2.21. The summed E-state index contributed by atoms with van der Waals surface area (Å²) < 4.78 is 7.23. The summed E-state index contributed by atoms with van der Waals surface area (Å²) in [4.78, 5) is 4.56. The number of methoxy groups -OCH3 is 1. The summed E-state index contributed by atoms with van der Waals surface area (Å²) >= 11 is 0. The molecule has 0 saturated heterocycles. The van der Waals surface area contributed by atoms with E-state index >= 15 is 0 Å². The van der Waals surface area contributed by atoms with E-state index in [1.54, 1.807) is 14.0 Å². The van der Waals surface area contributed by atoms with Gasteiger partial charge in [0.15, 0.2) is 0 Å². The molecule has 98 valence electrons. The molecule has 0 aliphatic carbocycles. The Kier molecular flexibility index (Phi) is 3.41. The highest BCUT2D eigenvalue weighted by atomic mass is 16.5. The van der Waals surface area contributed by atoms with E-state index in [0.717, 1.165) is 16.9 Å². The lowest BCUT2D eigenvalue weighted by atomic mass is 9.96. The van der Waals surface area contributed by atoms with E-state index in [4.69, 9.17) is 4.74 Å². The van der Waals surface area contributed by atoms with Crippen LogP contribution in [-0.2, 0) is 18.2 Å². The van der Waals surface area contributed by atoms with Gasteiger partial charge in [0.05, 0.1) is 22.7 Å². The van der Waals surface area contributed by atoms with Crippen molar-refractivity contribution in [2.45, 2.75) is 32.0 Å². The Morgan fingerprint density at radius 3 is 2.72 bits per heavy atom. The Bertz CT molecular complexity index is 546. The number of hydrogen-bond acceptors (Lipinski definition) is 3. The maximum atomic E-state index is 10.4. The van der Waals surface area contributed by atoms with Gasteiger partial charge in [-0.2, -0.15) is 0 Å². The minimum Gasteiger partial charge on any atom is -0.387 e. The molecule has 0 aliphatic heterocycles. The van der Waals surface area contributed by atoms with Gasteiger partial charge >= 0.3 is 0 Å². The van der Waals surface area contributed by atoms with Crippen LogP contribution in [0.15, 0.2) is 24.3 Å². The SMILES string of the molecule is COC(C)C(C)(O)Cc1nc2ccccc2n1C. The number of imidazole rings is 1. The molecule has 0 fully saturated rings. The molecule has 0 saturated carbocycles. The molecule has 2 atom stereocenters. The summed E-state index contributed by atoms with van der Waals surface area (Å²) in [5.74, 6) is 0.866. The number of nitrogens with zero attached hydrogens (tertiary/aromatic N) is 2. The standard InChI is InChI=1S/C14H20N2O2/c1-10(18-4)14(2,17)9-13-15-11-7-5-6-8-12(11)16(13)3/h5-8,10,17H,9H2,1-4H3. The van der Waals surface area contributed by atoms with Crippen LogP contribution in [0.25, 0.3) is 11.0 Å². The first-order valence-corrected chi connectivity index (χ1v) is 6.11. The molecular weight excluding hydrogens is 228 g/mol. The third-order valence-electron chi connectivity index (χ3n) is 3.63. The molecule has 1 N–H and O–H groups in total. The molecule has 2 unspecified atom stereocenters. The van der Waals surface area contributed by atoms with Crippen LogP contribution < -0.4 is 0 Å². The zero-order valence-electron chi connectivity index (χ0n) is 11.3. The van der Waals surface area contributed by atoms with Gasteiger partial charge in [-0.1, -0.05) is 12.1 Å². The molecule has 0 spiro atoms. The van der Waals surface area contributed by atoms with E-state index < -0.39 is 5.60 Å². The van der Waals surface area contributed by atoms with Gasteiger partial charge in [-0.3, -0.25) is 0 Å². The van der Waals surface area contributed by atoms with E-state index in [1.807, 2.05) is 42.8 Å². The second-order valence-electron chi connectivity index (χ2n) is 4.99. The van der Waals surface area contributed by atoms with Gasteiger partial charge < -0.3 is 14.4 Å². The second kappa shape index (κ2) is 4.71. The van der Waals surface area contributed by atoms with Crippen LogP contribution in [0.2, 0.25) is 0 Å². The van der Waals surface area contributed by atoms with E-state index in [9.17, 15) is 5.11 Å². The fraction of sp³-hybridized carbons (Fsp3) is 0.500. The van der Waals surface area contributed by atoms with Gasteiger partial charge in [-0.05, 0) is 26.0 Å². The Morgan fingerprint density at radius 1 is 1.44 bits per heavy atom. The van der Waals surface area contributed by atoms with E-state index in [1.165, 1.54) is 0 Å². The van der Waals surface area contributed by atoms with Crippen LogP contribution in [0.3, 0.4) is 0 Å². The molecule has 4 heteroatoms. The highest BCUT2D eigenvalue weighted by Gasteiger charge is 2.30. The average molecular weight is 248 g/mol. The largest absolute Gasteiger partial charge is 0.387 e. The molecule has 0 radical (unpaired) electrons. The Morgan fingerprint density at radius 2 is 2.11 bits per heavy atom. The van der Waals surface area contributed by atoms with Crippen LogP contribution in [0.5, 0.6) is 0 Å². The molecule has 4 nitrogen and oxygen atoms in total. The van der Waals surface area contributed by atoms with Crippen molar-refractivity contribution in [3.63, 3.8) is 0 Å². The number of para-hydroxylation sites is 2. The summed E-state index contributed by atoms with van der Waals surface area (Å²) in [7, 11) is 3.58. The fourth-order valence-corrected chi connectivity index (χ4v) is 2.07. The fourth-order valence-electron chi connectivity index (χ4n) is 2.07. The van der Waals surface area contributed by atoms with Crippen molar-refractivity contribution < 1.29 is 9.84 Å². The third-order valence-corrected chi connectivity index (χ3v) is 3.63. The summed E-state index contributed by atoms with van der Waals surface area (Å²) in [5, 5.41) is 10.4. The van der Waals surface area contributed by atoms with Crippen molar-refractivity contribution >= 4 is 11.0 Å². The molecule has 0 aliphatic rings. The average Bonchev–Trinajstić information content (AvgIpc) is 2.65. The second-order valence-corrected chi connectivity index (χ2v) is 4.99. The molecule has 2 rings (SSSR count). The van der Waals surface area contributed by atoms with E-state index in [2.05, 4.69) is 4.98 Å². The van der Waals surface area contributed by atoms with Crippen LogP contribution in [0, 0.1) is 0 Å². The Labute approximate surface area is 107 Å². The van der Waals surface area contributed by atoms with Crippen molar-refractivity contribution in [2.75, 3.05) is 7.11 Å². The van der Waals surface area contributed by atoms with Crippen molar-refractivity contribution in [1.82, 2.24) is 9.55 Å². The van der Waals surface area contributed by atoms with Crippen LogP contribution in [0.1, 0.15) is 19.7 Å². The molecule has 2 aromatic rings. The van der Waals surface area contributed by atoms with Gasteiger partial charge in [0.1, 0.15) is 5.82 Å². The van der Waals surface area contributed by atoms with E-state index in [-0.39, 0.29) is 6.10 Å². The highest BCUT2D eigenvalue weighted by molar-refractivity contribution is 5.75. The van der Waals surface area contributed by atoms with Gasteiger partial charge in [-0.25, -0.2) is 4.98 Å². The van der Waals surface area contributed by atoms with Crippen molar-refractivity contribution in [3.05, 3.63) is 30.1 Å². The van der Waals surface area contributed by atoms with Crippen LogP contribution in [0.4, 0.5) is 0 Å². The molecule has 0 amide bonds. The van der Waals surface area contributed by atoms with Gasteiger partial charge in [0.25, 0.3) is 0 Å². The van der Waals surface area contributed by atoms with Crippen molar-refractivity contribution in [3.8, 4) is 0 Å². The van der Waals surface area contributed by atoms with Crippen molar-refractivity contribution in [2.24, 2.45) is 7.05 Å². The Balaban J connectivity index is 2.35. The Hall–Kier alpha value is -1.39. The summed E-state index contributed by atoms with van der Waals surface area (Å²) in [6.45, 7) is 3.64. The van der Waals surface area contributed by atoms with E-state index in [0.29, 0.717) is 6.42 Å². The van der Waals surface area contributed by atoms with Crippen LogP contribution in [-0.4, -0.2) is 33.5 Å². The molecule has 1 aromatic heterocycles. The first-order valence-electron chi connectivity index (χ1n) is 6.11. The molecule has 18 heavy (non-hydrogen) atoms. The smallest absolute Gasteiger partial charge is 0.112 e. The van der Waals surface area contributed by atoms with Gasteiger partial charge in [0, 0.05) is 20.6 Å². The first-order chi connectivity index (χ1) is 8.45. The number of hydrogen-bond donors (Lipinski definition) is 1. The summed E-state index contributed by atoms with van der Waals surface area (Å²) in [6.07, 6.45) is 0.227. The third kappa shape index (κ3) is 2.26. The van der Waals surface area contributed by atoms with Gasteiger partial charge in [-0.15, -0.1) is 0 Å². The van der Waals surface area contributed by atoms with Gasteiger partial charge in [0.2, 0.25) is 0 Å². The predicted molar refractivity (Wildman–Crippen MR) is 71.5 cm³/mol. The minimum atomic E-state index is -0.927. The summed E-state index contributed by atoms with van der Waals surface area (Å²) in [6, 6.07) is 7.96. The number of aromatic nitrogens is 2. The lowest BCUT2D eigenvalue weighted by molar-refractivity contribution is -0.0728. The normalized spacial score (nSPS) is 16.7. The zero-order chi connectivity index (χ0) is 13.3. The topological polar surface area (TPSA) is 47.3 Å². The quantitative estimate of drug-likeness (QED) is 0.899. The lowest BCUT2D eigenvalue weighted by Crippen LogP contribution is -2.41. The predicted octanol–water partition coefficient (Wildman–Crippen LogP) is 1.90. The molecular formula is C14H20N2O2. The van der Waals surface area contributed by atoms with Crippen molar-refractivity contribution in [1.29, 1.82) is 0 Å². The number of ether oxygens (including phenoxy) is 1. The summed E-state index contributed by atoms with van der Waals surface area (Å²) in [5.41, 5.74) is 1.11. The number of aryl methyl sites for hydroxylation is 1. The zero-order valence-corrected chi connectivity index (χ0v) is 11.3. The monoisotopic (exact) mass is 248 g/mol. The first kappa shape index (κ1) is 13.1. The molecule has 0 bridgehead atoms. The lowest BCUT2D eigenvalue weighted by Gasteiger charge is -2.28. The molecule has 1 aromatic carbocycles. The van der Waals surface area contributed by atoms with Crippen LogP contribution >= 0.6 is 0 Å². The number of fused-ring (bicyclic) bond motifs is 1. The molecule has 1 heterocycles. The maximum Gasteiger partial charge on any atom is 0.112 e. The number of aliphatic hydroxyl groups is 1.